The van der Waals surface area contributed by atoms with E-state index in [9.17, 15) is 18.0 Å². The highest BCUT2D eigenvalue weighted by molar-refractivity contribution is 5.94. The summed E-state index contributed by atoms with van der Waals surface area (Å²) in [6.07, 6.45) is 0. The highest BCUT2D eigenvalue weighted by Crippen LogP contribution is 2.20. The lowest BCUT2D eigenvalue weighted by Gasteiger charge is -2.24. The standard InChI is InChI=1S/C18H19F3N2O2/c1-11(23(2)10-12-5-4-6-13(9-12)25-3)18(24)22-15-8-7-14(19)16(20)17(15)21/h4-9,11H,10H2,1-3H3,(H,22,24). The summed E-state index contributed by atoms with van der Waals surface area (Å²) in [7, 11) is 3.29. The Kier molecular flexibility index (Phi) is 6.03. The quantitative estimate of drug-likeness (QED) is 0.808. The van der Waals surface area contributed by atoms with Crippen LogP contribution in [-0.2, 0) is 11.3 Å². The molecule has 0 radical (unpaired) electrons. The zero-order chi connectivity index (χ0) is 18.6. The van der Waals surface area contributed by atoms with Gasteiger partial charge >= 0.3 is 0 Å². The number of amides is 1. The molecule has 7 heteroatoms. The van der Waals surface area contributed by atoms with E-state index in [0.29, 0.717) is 12.3 Å². The van der Waals surface area contributed by atoms with Crippen molar-refractivity contribution in [3.63, 3.8) is 0 Å². The van der Waals surface area contributed by atoms with E-state index in [1.807, 2.05) is 24.3 Å². The van der Waals surface area contributed by atoms with Gasteiger partial charge in [0.15, 0.2) is 17.5 Å². The Bertz CT molecular complexity index is 768. The lowest BCUT2D eigenvalue weighted by molar-refractivity contribution is -0.120. The third-order valence-electron chi connectivity index (χ3n) is 3.90. The molecular formula is C18H19F3N2O2. The molecule has 0 spiro atoms. The molecule has 1 unspecified atom stereocenters. The maximum absolute atomic E-state index is 13.7. The summed E-state index contributed by atoms with van der Waals surface area (Å²) in [6, 6.07) is 8.50. The fourth-order valence-electron chi connectivity index (χ4n) is 2.26. The van der Waals surface area contributed by atoms with Crippen molar-refractivity contribution in [2.75, 3.05) is 19.5 Å². The van der Waals surface area contributed by atoms with Gasteiger partial charge < -0.3 is 10.1 Å². The molecule has 1 atom stereocenters. The molecule has 0 saturated carbocycles. The van der Waals surface area contributed by atoms with Crippen LogP contribution in [0.15, 0.2) is 36.4 Å². The molecule has 2 aromatic carbocycles. The zero-order valence-corrected chi connectivity index (χ0v) is 14.1. The number of nitrogens with one attached hydrogen (secondary N) is 1. The van der Waals surface area contributed by atoms with Crippen molar-refractivity contribution in [1.29, 1.82) is 0 Å². The molecule has 0 heterocycles. The molecule has 1 amide bonds. The van der Waals surface area contributed by atoms with Crippen LogP contribution in [0.1, 0.15) is 12.5 Å². The minimum absolute atomic E-state index is 0.398. The Hall–Kier alpha value is -2.54. The predicted molar refractivity (Wildman–Crippen MR) is 88.9 cm³/mol. The SMILES string of the molecule is COc1cccc(CN(C)C(C)C(=O)Nc2ccc(F)c(F)c2F)c1. The minimum atomic E-state index is -1.62. The number of carbonyl (C=O) groups is 1. The smallest absolute Gasteiger partial charge is 0.241 e. The van der Waals surface area contributed by atoms with Crippen LogP contribution in [0.25, 0.3) is 0 Å². The summed E-state index contributed by atoms with van der Waals surface area (Å²) in [4.78, 5) is 14.0. The van der Waals surface area contributed by atoms with Gasteiger partial charge in [0.05, 0.1) is 18.8 Å². The van der Waals surface area contributed by atoms with Crippen molar-refractivity contribution in [3.8, 4) is 5.75 Å². The first-order valence-electron chi connectivity index (χ1n) is 7.61. The number of methoxy groups -OCH3 is 1. The number of anilines is 1. The summed E-state index contributed by atoms with van der Waals surface area (Å²) in [5.41, 5.74) is 0.533. The Morgan fingerprint density at radius 3 is 2.60 bits per heavy atom. The second kappa shape index (κ2) is 8.02. The van der Waals surface area contributed by atoms with Crippen LogP contribution in [0.3, 0.4) is 0 Å². The number of halogens is 3. The molecule has 25 heavy (non-hydrogen) atoms. The van der Waals surface area contributed by atoms with E-state index in [0.717, 1.165) is 17.7 Å². The summed E-state index contributed by atoms with van der Waals surface area (Å²) in [5, 5.41) is 2.28. The number of benzene rings is 2. The number of ether oxygens (including phenoxy) is 1. The summed E-state index contributed by atoms with van der Waals surface area (Å²) in [6.45, 7) is 2.08. The molecule has 0 aliphatic carbocycles. The lowest BCUT2D eigenvalue weighted by atomic mass is 10.1. The van der Waals surface area contributed by atoms with Crippen LogP contribution in [0.2, 0.25) is 0 Å². The van der Waals surface area contributed by atoms with E-state index in [-0.39, 0.29) is 0 Å². The highest BCUT2D eigenvalue weighted by Gasteiger charge is 2.21. The van der Waals surface area contributed by atoms with Crippen LogP contribution in [0.4, 0.5) is 18.9 Å². The van der Waals surface area contributed by atoms with Crippen molar-refractivity contribution in [2.45, 2.75) is 19.5 Å². The Morgan fingerprint density at radius 2 is 1.92 bits per heavy atom. The fourth-order valence-corrected chi connectivity index (χ4v) is 2.26. The van der Waals surface area contributed by atoms with Crippen molar-refractivity contribution in [3.05, 3.63) is 59.4 Å². The monoisotopic (exact) mass is 352 g/mol. The van der Waals surface area contributed by atoms with Crippen LogP contribution in [-0.4, -0.2) is 31.0 Å². The molecule has 0 aliphatic rings. The number of carbonyl (C=O) groups excluding carboxylic acids is 1. The first kappa shape index (κ1) is 18.8. The van der Waals surface area contributed by atoms with E-state index in [1.54, 1.807) is 26.0 Å². The maximum atomic E-state index is 13.7. The normalized spacial score (nSPS) is 12.1. The summed E-state index contributed by atoms with van der Waals surface area (Å²) >= 11 is 0. The van der Waals surface area contributed by atoms with Gasteiger partial charge in [0, 0.05) is 6.54 Å². The van der Waals surface area contributed by atoms with Crippen molar-refractivity contribution < 1.29 is 22.7 Å². The third-order valence-corrected chi connectivity index (χ3v) is 3.90. The Labute approximate surface area is 144 Å². The molecule has 0 saturated heterocycles. The molecular weight excluding hydrogens is 333 g/mol. The zero-order valence-electron chi connectivity index (χ0n) is 14.1. The molecule has 0 aliphatic heterocycles. The van der Waals surface area contributed by atoms with E-state index in [1.165, 1.54) is 0 Å². The first-order chi connectivity index (χ1) is 11.8. The predicted octanol–water partition coefficient (Wildman–Crippen LogP) is 3.57. The van der Waals surface area contributed by atoms with Gasteiger partial charge in [-0.2, -0.15) is 0 Å². The molecule has 0 aromatic heterocycles. The molecule has 0 bridgehead atoms. The number of rotatable bonds is 6. The first-order valence-corrected chi connectivity index (χ1v) is 7.61. The fraction of sp³-hybridized carbons (Fsp3) is 0.278. The van der Waals surface area contributed by atoms with E-state index in [4.69, 9.17) is 4.74 Å². The van der Waals surface area contributed by atoms with Gasteiger partial charge in [-0.3, -0.25) is 9.69 Å². The number of likely N-dealkylation sites (N-methyl/N-ethyl adjacent to an activating group) is 1. The molecule has 2 aromatic rings. The maximum Gasteiger partial charge on any atom is 0.241 e. The second-order valence-electron chi connectivity index (χ2n) is 5.65. The topological polar surface area (TPSA) is 41.6 Å². The van der Waals surface area contributed by atoms with Crippen LogP contribution in [0, 0.1) is 17.5 Å². The average molecular weight is 352 g/mol. The van der Waals surface area contributed by atoms with Gasteiger partial charge in [0.25, 0.3) is 0 Å². The lowest BCUT2D eigenvalue weighted by Crippen LogP contribution is -2.39. The number of hydrogen-bond donors (Lipinski definition) is 1. The minimum Gasteiger partial charge on any atom is -0.497 e. The van der Waals surface area contributed by atoms with Gasteiger partial charge in [-0.1, -0.05) is 12.1 Å². The van der Waals surface area contributed by atoms with E-state index in [2.05, 4.69) is 5.32 Å². The molecule has 134 valence electrons. The molecule has 0 fully saturated rings. The van der Waals surface area contributed by atoms with Gasteiger partial charge in [0.2, 0.25) is 5.91 Å². The largest absolute Gasteiger partial charge is 0.497 e. The summed E-state index contributed by atoms with van der Waals surface area (Å²) in [5.74, 6) is -4.17. The Balaban J connectivity index is 2.05. The van der Waals surface area contributed by atoms with Crippen molar-refractivity contribution >= 4 is 11.6 Å². The van der Waals surface area contributed by atoms with Gasteiger partial charge in [0.1, 0.15) is 5.75 Å². The van der Waals surface area contributed by atoms with E-state index < -0.39 is 35.1 Å². The van der Waals surface area contributed by atoms with Crippen LogP contribution in [0.5, 0.6) is 5.75 Å². The van der Waals surface area contributed by atoms with Crippen molar-refractivity contribution in [1.82, 2.24) is 4.90 Å². The Morgan fingerprint density at radius 1 is 1.20 bits per heavy atom. The second-order valence-corrected chi connectivity index (χ2v) is 5.65. The average Bonchev–Trinajstić information content (AvgIpc) is 2.61. The van der Waals surface area contributed by atoms with Crippen LogP contribution >= 0.6 is 0 Å². The molecule has 4 nitrogen and oxygen atoms in total. The van der Waals surface area contributed by atoms with Gasteiger partial charge in [-0.05, 0) is 43.8 Å². The summed E-state index contributed by atoms with van der Waals surface area (Å²) < 4.78 is 45.0. The van der Waals surface area contributed by atoms with Gasteiger partial charge in [-0.15, -0.1) is 0 Å². The molecule has 1 N–H and O–H groups in total. The number of hydrogen-bond acceptors (Lipinski definition) is 3. The highest BCUT2D eigenvalue weighted by atomic mass is 19.2. The van der Waals surface area contributed by atoms with E-state index >= 15 is 0 Å². The van der Waals surface area contributed by atoms with Crippen LogP contribution < -0.4 is 10.1 Å². The van der Waals surface area contributed by atoms with Crippen molar-refractivity contribution in [2.24, 2.45) is 0 Å². The third kappa shape index (κ3) is 4.51. The van der Waals surface area contributed by atoms with Gasteiger partial charge in [-0.25, -0.2) is 13.2 Å². The number of nitrogens with zero attached hydrogens (tertiary/aromatic N) is 1. The molecule has 2 rings (SSSR count).